The van der Waals surface area contributed by atoms with Gasteiger partial charge in [0.05, 0.1) is 12.1 Å². The van der Waals surface area contributed by atoms with Crippen molar-refractivity contribution >= 4 is 34.8 Å². The number of thiophene rings is 1. The molecule has 2 N–H and O–H groups in total. The van der Waals surface area contributed by atoms with Crippen molar-refractivity contribution in [3.63, 3.8) is 0 Å². The van der Waals surface area contributed by atoms with Gasteiger partial charge in [0.25, 0.3) is 11.8 Å². The molecule has 0 saturated heterocycles. The van der Waals surface area contributed by atoms with Gasteiger partial charge in [-0.05, 0) is 30.0 Å². The minimum absolute atomic E-state index is 0.261. The third-order valence-corrected chi connectivity index (χ3v) is 4.63. The number of amides is 2. The van der Waals surface area contributed by atoms with Crippen LogP contribution in [0.1, 0.15) is 11.3 Å². The van der Waals surface area contributed by atoms with Crippen LogP contribution in [0.15, 0.2) is 41.8 Å². The minimum atomic E-state index is -0.973. The summed E-state index contributed by atoms with van der Waals surface area (Å²) in [5, 5.41) is 7.33. The van der Waals surface area contributed by atoms with Crippen molar-refractivity contribution in [3.05, 3.63) is 46.7 Å². The molecule has 2 aromatic rings. The molecule has 136 valence electrons. The largest absolute Gasteiger partial charge is 0.478 e. The summed E-state index contributed by atoms with van der Waals surface area (Å²) in [7, 11) is 0. The molecule has 1 atom stereocenters. The fourth-order valence-corrected chi connectivity index (χ4v) is 3.12. The van der Waals surface area contributed by atoms with Crippen molar-refractivity contribution in [1.82, 2.24) is 5.32 Å². The van der Waals surface area contributed by atoms with E-state index in [2.05, 4.69) is 10.6 Å². The number of rotatable bonds is 7. The topological polar surface area (TPSA) is 93.7 Å². The van der Waals surface area contributed by atoms with Crippen LogP contribution in [0.5, 0.6) is 5.75 Å². The predicted molar refractivity (Wildman–Crippen MR) is 96.1 cm³/mol. The SMILES string of the molecule is O=C(COC(=O)C[C@H]1Oc2ccccc2NC1=O)NCCc1cccs1. The molecular formula is C18H18N2O5S. The zero-order valence-corrected chi connectivity index (χ0v) is 14.7. The maximum absolute atomic E-state index is 12.0. The fraction of sp³-hybridized carbons (Fsp3) is 0.278. The number of hydrogen-bond donors (Lipinski definition) is 2. The Morgan fingerprint density at radius 2 is 2.08 bits per heavy atom. The number of benzene rings is 1. The molecule has 0 bridgehead atoms. The molecule has 0 aliphatic carbocycles. The molecule has 0 spiro atoms. The zero-order chi connectivity index (χ0) is 18.4. The van der Waals surface area contributed by atoms with E-state index >= 15 is 0 Å². The number of para-hydroxylation sites is 2. The lowest BCUT2D eigenvalue weighted by molar-refractivity contribution is -0.151. The zero-order valence-electron chi connectivity index (χ0n) is 13.9. The van der Waals surface area contributed by atoms with Crippen LogP contribution in [-0.4, -0.2) is 37.0 Å². The first-order valence-corrected chi connectivity index (χ1v) is 9.01. The molecule has 3 rings (SSSR count). The third-order valence-electron chi connectivity index (χ3n) is 3.70. The van der Waals surface area contributed by atoms with Crippen LogP contribution < -0.4 is 15.4 Å². The average Bonchev–Trinajstić information content (AvgIpc) is 3.14. The maximum atomic E-state index is 12.0. The molecule has 2 heterocycles. The van der Waals surface area contributed by atoms with Crippen LogP contribution in [0.4, 0.5) is 5.69 Å². The molecule has 0 unspecified atom stereocenters. The lowest BCUT2D eigenvalue weighted by atomic mass is 10.1. The maximum Gasteiger partial charge on any atom is 0.310 e. The van der Waals surface area contributed by atoms with Crippen LogP contribution in [0, 0.1) is 0 Å². The van der Waals surface area contributed by atoms with E-state index < -0.39 is 18.0 Å². The Kier molecular flexibility index (Phi) is 5.85. The number of fused-ring (bicyclic) bond motifs is 1. The molecule has 0 saturated carbocycles. The second-order valence-electron chi connectivity index (χ2n) is 5.64. The third kappa shape index (κ3) is 4.82. The fourth-order valence-electron chi connectivity index (χ4n) is 2.41. The summed E-state index contributed by atoms with van der Waals surface area (Å²) in [4.78, 5) is 36.7. The van der Waals surface area contributed by atoms with Crippen molar-refractivity contribution in [2.24, 2.45) is 0 Å². The minimum Gasteiger partial charge on any atom is -0.478 e. The van der Waals surface area contributed by atoms with Crippen molar-refractivity contribution in [1.29, 1.82) is 0 Å². The highest BCUT2D eigenvalue weighted by Crippen LogP contribution is 2.29. The van der Waals surface area contributed by atoms with Gasteiger partial charge >= 0.3 is 5.97 Å². The Hall–Kier alpha value is -2.87. The Labute approximate surface area is 154 Å². The Morgan fingerprint density at radius 1 is 1.23 bits per heavy atom. The number of carbonyl (C=O) groups is 3. The highest BCUT2D eigenvalue weighted by atomic mass is 32.1. The molecule has 1 aromatic heterocycles. The van der Waals surface area contributed by atoms with E-state index in [0.717, 1.165) is 6.42 Å². The smallest absolute Gasteiger partial charge is 0.310 e. The van der Waals surface area contributed by atoms with Gasteiger partial charge in [-0.25, -0.2) is 0 Å². The van der Waals surface area contributed by atoms with Gasteiger partial charge in [0.1, 0.15) is 5.75 Å². The van der Waals surface area contributed by atoms with Crippen LogP contribution in [0.2, 0.25) is 0 Å². The summed E-state index contributed by atoms with van der Waals surface area (Å²) in [6.45, 7) is 0.0933. The van der Waals surface area contributed by atoms with Crippen molar-refractivity contribution in [2.45, 2.75) is 18.9 Å². The number of anilines is 1. The molecule has 1 aromatic carbocycles. The number of esters is 1. The average molecular weight is 374 g/mol. The molecule has 8 heteroatoms. The number of hydrogen-bond acceptors (Lipinski definition) is 6. The highest BCUT2D eigenvalue weighted by molar-refractivity contribution is 7.09. The Balaban J connectivity index is 1.38. The molecule has 2 amide bonds. The summed E-state index contributed by atoms with van der Waals surface area (Å²) in [5.41, 5.74) is 0.562. The summed E-state index contributed by atoms with van der Waals surface area (Å²) >= 11 is 1.62. The van der Waals surface area contributed by atoms with Crippen molar-refractivity contribution < 1.29 is 23.9 Å². The monoisotopic (exact) mass is 374 g/mol. The van der Waals surface area contributed by atoms with Crippen LogP contribution in [0.3, 0.4) is 0 Å². The molecular weight excluding hydrogens is 356 g/mol. The van der Waals surface area contributed by atoms with Gasteiger partial charge in [-0.2, -0.15) is 0 Å². The molecule has 1 aliphatic rings. The van der Waals surface area contributed by atoms with Gasteiger partial charge in [0.2, 0.25) is 0 Å². The van der Waals surface area contributed by atoms with Gasteiger partial charge in [-0.3, -0.25) is 14.4 Å². The summed E-state index contributed by atoms with van der Waals surface area (Å²) in [5.74, 6) is -0.968. The van der Waals surface area contributed by atoms with Gasteiger partial charge < -0.3 is 20.1 Å². The first-order valence-electron chi connectivity index (χ1n) is 8.13. The molecule has 7 nitrogen and oxygen atoms in total. The Morgan fingerprint density at radius 3 is 2.88 bits per heavy atom. The summed E-state index contributed by atoms with van der Waals surface area (Å²) in [6, 6.07) is 10.9. The van der Waals surface area contributed by atoms with Gasteiger partial charge in [-0.15, -0.1) is 11.3 Å². The van der Waals surface area contributed by atoms with Crippen LogP contribution in [0.25, 0.3) is 0 Å². The normalized spacial score (nSPS) is 15.4. The second kappa shape index (κ2) is 8.48. The first-order chi connectivity index (χ1) is 12.6. The number of ether oxygens (including phenoxy) is 2. The number of carbonyl (C=O) groups excluding carboxylic acids is 3. The first kappa shape index (κ1) is 17.9. The Bertz CT molecular complexity index is 791. The number of nitrogens with one attached hydrogen (secondary N) is 2. The van der Waals surface area contributed by atoms with E-state index in [4.69, 9.17) is 9.47 Å². The van der Waals surface area contributed by atoms with Crippen LogP contribution in [-0.2, 0) is 25.5 Å². The lowest BCUT2D eigenvalue weighted by Crippen LogP contribution is -2.39. The van der Waals surface area contributed by atoms with E-state index in [-0.39, 0.29) is 18.9 Å². The second-order valence-corrected chi connectivity index (χ2v) is 6.67. The molecule has 0 fully saturated rings. The highest BCUT2D eigenvalue weighted by Gasteiger charge is 2.30. The lowest BCUT2D eigenvalue weighted by Gasteiger charge is -2.25. The van der Waals surface area contributed by atoms with E-state index in [1.807, 2.05) is 17.5 Å². The predicted octanol–water partition coefficient (Wildman–Crippen LogP) is 1.74. The van der Waals surface area contributed by atoms with E-state index in [1.54, 1.807) is 35.6 Å². The van der Waals surface area contributed by atoms with Crippen molar-refractivity contribution in [2.75, 3.05) is 18.5 Å². The van der Waals surface area contributed by atoms with E-state index in [9.17, 15) is 14.4 Å². The standard InChI is InChI=1S/C18H18N2O5S/c21-16(19-8-7-12-4-3-9-26-12)11-24-17(22)10-15-18(23)20-13-5-1-2-6-14(13)25-15/h1-6,9,15H,7-8,10-11H2,(H,19,21)(H,20,23)/t15-/m1/s1. The van der Waals surface area contributed by atoms with Gasteiger partial charge in [-0.1, -0.05) is 18.2 Å². The molecule has 26 heavy (non-hydrogen) atoms. The summed E-state index contributed by atoms with van der Waals surface area (Å²) < 4.78 is 10.4. The summed E-state index contributed by atoms with van der Waals surface area (Å²) in [6.07, 6.45) is -0.505. The quantitative estimate of drug-likeness (QED) is 0.720. The van der Waals surface area contributed by atoms with E-state index in [0.29, 0.717) is 18.0 Å². The van der Waals surface area contributed by atoms with Crippen LogP contribution >= 0.6 is 11.3 Å². The molecule has 1 aliphatic heterocycles. The van der Waals surface area contributed by atoms with Gasteiger partial charge in [0, 0.05) is 11.4 Å². The molecule has 0 radical (unpaired) electrons. The van der Waals surface area contributed by atoms with E-state index in [1.165, 1.54) is 4.88 Å². The van der Waals surface area contributed by atoms with Crippen molar-refractivity contribution in [3.8, 4) is 5.75 Å². The van der Waals surface area contributed by atoms with Gasteiger partial charge in [0.15, 0.2) is 12.7 Å².